The lowest BCUT2D eigenvalue weighted by Crippen LogP contribution is -2.39. The summed E-state index contributed by atoms with van der Waals surface area (Å²) in [5.41, 5.74) is 3.44. The van der Waals surface area contributed by atoms with Crippen molar-refractivity contribution in [2.75, 3.05) is 19.7 Å². The number of halogens is 1. The number of hydrogen-bond acceptors (Lipinski definition) is 8. The Kier molecular flexibility index (Phi) is 11.0. The summed E-state index contributed by atoms with van der Waals surface area (Å²) in [6.07, 6.45) is 11.2. The monoisotopic (exact) mass is 584 g/mol. The van der Waals surface area contributed by atoms with E-state index < -0.39 is 31.4 Å². The van der Waals surface area contributed by atoms with Crippen LogP contribution in [0.25, 0.3) is 6.08 Å². The number of piperidine rings is 1. The van der Waals surface area contributed by atoms with Crippen LogP contribution >= 0.6 is 19.4 Å². The number of phosphoric ester groups is 1. The van der Waals surface area contributed by atoms with E-state index in [1.165, 1.54) is 6.08 Å². The Morgan fingerprint density at radius 3 is 2.64 bits per heavy atom. The topological polar surface area (TPSA) is 155 Å². The largest absolute Gasteiger partial charge is 0.524 e. The maximum absolute atomic E-state index is 13.1. The van der Waals surface area contributed by atoms with Crippen LogP contribution in [0.2, 0.25) is 5.02 Å². The van der Waals surface area contributed by atoms with Crippen molar-refractivity contribution < 1.29 is 43.1 Å². The number of carbonyl (C=O) groups is 2. The molecule has 2 aliphatic heterocycles. The minimum Gasteiger partial charge on any atom is -0.507 e. The molecule has 39 heavy (non-hydrogen) atoms. The quantitative estimate of drug-likeness (QED) is 0.161. The van der Waals surface area contributed by atoms with Gasteiger partial charge in [-0.15, -0.1) is 0 Å². The van der Waals surface area contributed by atoms with Crippen molar-refractivity contribution in [3.05, 3.63) is 51.7 Å². The number of benzene rings is 1. The van der Waals surface area contributed by atoms with Crippen molar-refractivity contribution in [1.82, 2.24) is 10.4 Å². The summed E-state index contributed by atoms with van der Waals surface area (Å²) in [6.45, 7) is 4.67. The van der Waals surface area contributed by atoms with E-state index in [4.69, 9.17) is 21.2 Å². The first-order valence-corrected chi connectivity index (χ1v) is 14.6. The lowest BCUT2D eigenvalue weighted by Gasteiger charge is -2.26. The molecule has 0 unspecified atom stereocenters. The molecule has 2 aliphatic rings. The average Bonchev–Trinajstić information content (AvgIpc) is 2.85. The van der Waals surface area contributed by atoms with Crippen molar-refractivity contribution >= 4 is 37.4 Å². The Morgan fingerprint density at radius 2 is 1.95 bits per heavy atom. The van der Waals surface area contributed by atoms with Crippen LogP contribution < -0.4 is 10.0 Å². The average molecular weight is 585 g/mol. The molecule has 4 N–H and O–H groups in total. The van der Waals surface area contributed by atoms with Crippen LogP contribution in [0.4, 0.5) is 0 Å². The molecule has 0 aromatic heterocycles. The first-order chi connectivity index (χ1) is 18.4. The number of amides is 1. The Labute approximate surface area is 232 Å². The fraction of sp³-hybridized carbons (Fsp3) is 0.462. The minimum absolute atomic E-state index is 0.123. The number of ether oxygens (including phenoxy) is 1. The molecular weight excluding hydrogens is 551 g/mol. The molecule has 1 saturated heterocycles. The summed E-state index contributed by atoms with van der Waals surface area (Å²) in [5, 5.41) is 10.3. The van der Waals surface area contributed by atoms with E-state index in [1.54, 1.807) is 17.9 Å². The number of phosphoric acid groups is 1. The molecule has 214 valence electrons. The normalized spacial score (nSPS) is 21.9. The third kappa shape index (κ3) is 9.40. The molecule has 0 bridgehead atoms. The molecule has 13 heteroatoms. The predicted molar refractivity (Wildman–Crippen MR) is 145 cm³/mol. The summed E-state index contributed by atoms with van der Waals surface area (Å²) in [5.74, 6) is -2.28. The van der Waals surface area contributed by atoms with Crippen LogP contribution in [0.3, 0.4) is 0 Å². The van der Waals surface area contributed by atoms with Crippen molar-refractivity contribution in [1.29, 1.82) is 0 Å². The highest BCUT2D eigenvalue weighted by Crippen LogP contribution is 2.46. The van der Waals surface area contributed by atoms with Gasteiger partial charge in [0.15, 0.2) is 12.4 Å². The zero-order chi connectivity index (χ0) is 28.6. The van der Waals surface area contributed by atoms with E-state index in [0.717, 1.165) is 37.3 Å². The second-order valence-corrected chi connectivity index (χ2v) is 11.0. The van der Waals surface area contributed by atoms with Crippen molar-refractivity contribution in [3.63, 3.8) is 0 Å². The maximum Gasteiger partial charge on any atom is 0.524 e. The van der Waals surface area contributed by atoms with Crippen LogP contribution in [0.1, 0.15) is 68.3 Å². The molecule has 0 aliphatic carbocycles. The second-order valence-electron chi connectivity index (χ2n) is 9.46. The van der Waals surface area contributed by atoms with Crippen LogP contribution in [0, 0.1) is 0 Å². The van der Waals surface area contributed by atoms with E-state index in [9.17, 15) is 29.0 Å². The number of phenolic OH excluding ortho intramolecular Hbond substituents is 1. The molecule has 1 amide bonds. The van der Waals surface area contributed by atoms with Gasteiger partial charge < -0.3 is 19.3 Å². The SMILES string of the molecule is C/C1=C\C(NOCC(=O)N2CCCCC2)=C\c2c(Cl)c(OP(=O)(O)O)cc(O)c2C(=O)O[C@H](C)CC=CCC1. The van der Waals surface area contributed by atoms with Gasteiger partial charge >= 0.3 is 13.8 Å². The fourth-order valence-corrected chi connectivity index (χ4v) is 4.90. The Hall–Kier alpha value is -2.82. The van der Waals surface area contributed by atoms with Crippen LogP contribution in [0.5, 0.6) is 11.5 Å². The number of allylic oxidation sites excluding steroid dienone is 3. The van der Waals surface area contributed by atoms with E-state index in [2.05, 4.69) is 10.0 Å². The standard InChI is InChI=1S/C26H34ClN2O9P/c1-17-9-5-3-6-10-18(2)37-26(32)24-20(25(27)22(15-21(24)30)38-39(33,34)35)14-19(13-17)28-36-16-23(31)29-11-7-4-8-12-29/h3,6,13-15,18,28,30H,4-5,7-12,16H2,1-2H3,(H2,33,34,35)/b6-3?,17-13+,19-14-/t18-/m1/s1. The van der Waals surface area contributed by atoms with Gasteiger partial charge in [0.2, 0.25) is 0 Å². The molecule has 1 fully saturated rings. The Morgan fingerprint density at radius 1 is 1.23 bits per heavy atom. The molecule has 3 rings (SSSR count). The van der Waals surface area contributed by atoms with Crippen LogP contribution in [0.15, 0.2) is 35.6 Å². The van der Waals surface area contributed by atoms with Crippen LogP contribution in [-0.2, 0) is 18.9 Å². The number of fused-ring (bicyclic) bond motifs is 1. The van der Waals surface area contributed by atoms with Gasteiger partial charge in [-0.3, -0.25) is 24.9 Å². The first kappa shape index (κ1) is 30.7. The number of rotatable bonds is 6. The van der Waals surface area contributed by atoms with Gasteiger partial charge in [-0.2, -0.15) is 0 Å². The van der Waals surface area contributed by atoms with Crippen molar-refractivity contribution in [2.45, 2.75) is 58.5 Å². The Bertz CT molecular complexity index is 1200. The number of cyclic esters (lactones) is 1. The zero-order valence-corrected chi connectivity index (χ0v) is 23.5. The van der Waals surface area contributed by atoms with Crippen molar-refractivity contribution in [2.24, 2.45) is 0 Å². The van der Waals surface area contributed by atoms with Gasteiger partial charge in [-0.05, 0) is 58.1 Å². The summed E-state index contributed by atoms with van der Waals surface area (Å²) >= 11 is 6.45. The number of esters is 1. The molecular formula is C26H34ClN2O9P. The lowest BCUT2D eigenvalue weighted by atomic mass is 10.0. The number of carbonyl (C=O) groups excluding carboxylic acids is 2. The minimum atomic E-state index is -5.06. The third-order valence-corrected chi connectivity index (χ3v) is 6.94. The van der Waals surface area contributed by atoms with Gasteiger partial charge in [-0.1, -0.05) is 29.3 Å². The molecule has 2 heterocycles. The number of aromatic hydroxyl groups is 1. The predicted octanol–water partition coefficient (Wildman–Crippen LogP) is 4.62. The number of nitrogens with zero attached hydrogens (tertiary/aromatic N) is 1. The van der Waals surface area contributed by atoms with Gasteiger partial charge in [0.1, 0.15) is 17.4 Å². The highest BCUT2D eigenvalue weighted by Gasteiger charge is 2.28. The van der Waals surface area contributed by atoms with Crippen LogP contribution in [-0.4, -0.2) is 57.5 Å². The molecule has 1 atom stereocenters. The lowest BCUT2D eigenvalue weighted by molar-refractivity contribution is -0.139. The second kappa shape index (κ2) is 14.0. The molecule has 1 aromatic carbocycles. The molecule has 11 nitrogen and oxygen atoms in total. The number of hydroxylamine groups is 1. The van der Waals surface area contributed by atoms with Gasteiger partial charge in [0.25, 0.3) is 5.91 Å². The summed E-state index contributed by atoms with van der Waals surface area (Å²) in [6, 6.07) is 0.838. The highest BCUT2D eigenvalue weighted by molar-refractivity contribution is 7.46. The first-order valence-electron chi connectivity index (χ1n) is 12.7. The third-order valence-electron chi connectivity index (χ3n) is 6.11. The zero-order valence-electron chi connectivity index (χ0n) is 21.9. The maximum atomic E-state index is 13.1. The Balaban J connectivity index is 2.03. The van der Waals surface area contributed by atoms with E-state index in [1.807, 2.05) is 19.1 Å². The summed E-state index contributed by atoms with van der Waals surface area (Å²) in [7, 11) is -5.06. The van der Waals surface area contributed by atoms with Gasteiger partial charge in [0.05, 0.1) is 10.7 Å². The number of phenols is 1. The highest BCUT2D eigenvalue weighted by atomic mass is 35.5. The summed E-state index contributed by atoms with van der Waals surface area (Å²) < 4.78 is 21.6. The fourth-order valence-electron chi connectivity index (χ4n) is 4.20. The molecule has 0 spiro atoms. The van der Waals surface area contributed by atoms with Crippen molar-refractivity contribution in [3.8, 4) is 11.5 Å². The molecule has 0 saturated carbocycles. The van der Waals surface area contributed by atoms with E-state index in [-0.39, 0.29) is 34.4 Å². The molecule has 1 aromatic rings. The van der Waals surface area contributed by atoms with E-state index in [0.29, 0.717) is 25.9 Å². The van der Waals surface area contributed by atoms with Gasteiger partial charge in [-0.25, -0.2) is 9.36 Å². The smallest absolute Gasteiger partial charge is 0.507 e. The number of nitrogens with one attached hydrogen (secondary N) is 1. The summed E-state index contributed by atoms with van der Waals surface area (Å²) in [4.78, 5) is 51.5. The van der Waals surface area contributed by atoms with Gasteiger partial charge in [0, 0.05) is 31.1 Å². The number of hydrogen-bond donors (Lipinski definition) is 4. The number of likely N-dealkylation sites (tertiary alicyclic amines) is 1. The molecule has 0 radical (unpaired) electrons. The van der Waals surface area contributed by atoms with E-state index >= 15 is 0 Å².